The third-order valence-corrected chi connectivity index (χ3v) is 4.78. The summed E-state index contributed by atoms with van der Waals surface area (Å²) in [6.45, 7) is 7.04. The van der Waals surface area contributed by atoms with Crippen molar-refractivity contribution in [2.24, 2.45) is 10.9 Å². The lowest BCUT2D eigenvalue weighted by molar-refractivity contribution is 0.214. The summed E-state index contributed by atoms with van der Waals surface area (Å²) in [6, 6.07) is 8.30. The largest absolute Gasteiger partial charge is 0.488 e. The standard InChI is InChI=1S/C19H30N4O.HI/c1-3-20-19(21-12-15-7-6-10-23(2)14-15)22-13-17-11-16-8-4-5-9-18(16)24-17;/h4-5,8-9,15,17H,3,6-7,10-14H2,1-2H3,(H2,20,21,22);1H. The first-order chi connectivity index (χ1) is 11.7. The molecular weight excluding hydrogens is 427 g/mol. The van der Waals surface area contributed by atoms with Gasteiger partial charge in [-0.3, -0.25) is 4.99 Å². The van der Waals surface area contributed by atoms with E-state index in [0.29, 0.717) is 5.92 Å². The van der Waals surface area contributed by atoms with Crippen LogP contribution in [-0.4, -0.2) is 56.7 Å². The molecule has 6 heteroatoms. The van der Waals surface area contributed by atoms with Gasteiger partial charge in [0, 0.05) is 26.1 Å². The summed E-state index contributed by atoms with van der Waals surface area (Å²) < 4.78 is 5.99. The van der Waals surface area contributed by atoms with Crippen molar-refractivity contribution in [1.82, 2.24) is 15.5 Å². The molecule has 0 saturated carbocycles. The highest BCUT2D eigenvalue weighted by atomic mass is 127. The number of aliphatic imine (C=N–C) groups is 1. The molecule has 1 aromatic carbocycles. The molecule has 2 aliphatic heterocycles. The Morgan fingerprint density at radius 3 is 2.92 bits per heavy atom. The van der Waals surface area contributed by atoms with E-state index in [0.717, 1.165) is 44.3 Å². The van der Waals surface area contributed by atoms with Crippen LogP contribution in [0.1, 0.15) is 25.3 Å². The Labute approximate surface area is 168 Å². The van der Waals surface area contributed by atoms with Gasteiger partial charge in [-0.15, -0.1) is 24.0 Å². The maximum atomic E-state index is 5.99. The van der Waals surface area contributed by atoms with Gasteiger partial charge in [0.2, 0.25) is 0 Å². The molecule has 140 valence electrons. The molecule has 2 aliphatic rings. The SMILES string of the molecule is CCNC(=NCC1CCCN(C)C1)NCC1Cc2ccccc2O1.I. The van der Waals surface area contributed by atoms with E-state index in [1.807, 2.05) is 12.1 Å². The number of likely N-dealkylation sites (tertiary alicyclic amines) is 1. The average molecular weight is 458 g/mol. The molecule has 1 aromatic rings. The average Bonchev–Trinajstić information content (AvgIpc) is 3.00. The van der Waals surface area contributed by atoms with Crippen molar-refractivity contribution >= 4 is 29.9 Å². The molecule has 1 saturated heterocycles. The Bertz CT molecular complexity index is 541. The molecule has 2 N–H and O–H groups in total. The Morgan fingerprint density at radius 1 is 1.32 bits per heavy atom. The number of nitrogens with zero attached hydrogens (tertiary/aromatic N) is 2. The van der Waals surface area contributed by atoms with Gasteiger partial charge in [0.05, 0.1) is 6.54 Å². The van der Waals surface area contributed by atoms with Gasteiger partial charge < -0.3 is 20.3 Å². The van der Waals surface area contributed by atoms with Crippen LogP contribution >= 0.6 is 24.0 Å². The zero-order valence-corrected chi connectivity index (χ0v) is 17.7. The minimum atomic E-state index is 0. The molecule has 5 nitrogen and oxygen atoms in total. The van der Waals surface area contributed by atoms with E-state index in [9.17, 15) is 0 Å². The van der Waals surface area contributed by atoms with Crippen LogP contribution in [0.2, 0.25) is 0 Å². The number of rotatable bonds is 5. The second-order valence-corrected chi connectivity index (χ2v) is 6.92. The van der Waals surface area contributed by atoms with Crippen molar-refractivity contribution in [2.45, 2.75) is 32.3 Å². The molecule has 0 aromatic heterocycles. The van der Waals surface area contributed by atoms with Crippen LogP contribution in [0.25, 0.3) is 0 Å². The smallest absolute Gasteiger partial charge is 0.191 e. The van der Waals surface area contributed by atoms with E-state index < -0.39 is 0 Å². The first kappa shape index (κ1) is 20.3. The Kier molecular flexibility index (Phi) is 8.29. The van der Waals surface area contributed by atoms with Crippen molar-refractivity contribution in [3.8, 4) is 5.75 Å². The van der Waals surface area contributed by atoms with Gasteiger partial charge in [-0.2, -0.15) is 0 Å². The first-order valence-electron chi connectivity index (χ1n) is 9.20. The molecule has 2 heterocycles. The number of para-hydroxylation sites is 1. The third kappa shape index (κ3) is 6.02. The Hall–Kier alpha value is -1.02. The van der Waals surface area contributed by atoms with Crippen molar-refractivity contribution < 1.29 is 4.74 Å². The number of benzene rings is 1. The molecule has 0 bridgehead atoms. The monoisotopic (exact) mass is 458 g/mol. The zero-order valence-electron chi connectivity index (χ0n) is 15.3. The Balaban J connectivity index is 0.00000225. The minimum absolute atomic E-state index is 0. The maximum Gasteiger partial charge on any atom is 0.191 e. The number of piperidine rings is 1. The van der Waals surface area contributed by atoms with Gasteiger partial charge in [0.15, 0.2) is 5.96 Å². The topological polar surface area (TPSA) is 48.9 Å². The third-order valence-electron chi connectivity index (χ3n) is 4.78. The summed E-state index contributed by atoms with van der Waals surface area (Å²) in [4.78, 5) is 7.20. The van der Waals surface area contributed by atoms with E-state index >= 15 is 0 Å². The molecule has 0 radical (unpaired) electrons. The van der Waals surface area contributed by atoms with Crippen LogP contribution in [0.4, 0.5) is 0 Å². The van der Waals surface area contributed by atoms with Gasteiger partial charge in [0.1, 0.15) is 11.9 Å². The van der Waals surface area contributed by atoms with Crippen LogP contribution in [0, 0.1) is 5.92 Å². The zero-order chi connectivity index (χ0) is 16.8. The van der Waals surface area contributed by atoms with Crippen LogP contribution < -0.4 is 15.4 Å². The van der Waals surface area contributed by atoms with Crippen molar-refractivity contribution in [3.63, 3.8) is 0 Å². The molecule has 0 amide bonds. The van der Waals surface area contributed by atoms with Gasteiger partial charge in [-0.1, -0.05) is 18.2 Å². The second kappa shape index (κ2) is 10.2. The highest BCUT2D eigenvalue weighted by Crippen LogP contribution is 2.27. The molecule has 3 rings (SSSR count). The number of nitrogens with one attached hydrogen (secondary N) is 2. The van der Waals surface area contributed by atoms with Gasteiger partial charge in [0.25, 0.3) is 0 Å². The summed E-state index contributed by atoms with van der Waals surface area (Å²) in [6.07, 6.45) is 3.73. The summed E-state index contributed by atoms with van der Waals surface area (Å²) in [5, 5.41) is 6.80. The van der Waals surface area contributed by atoms with Crippen LogP contribution in [-0.2, 0) is 6.42 Å². The van der Waals surface area contributed by atoms with Crippen molar-refractivity contribution in [2.75, 3.05) is 39.8 Å². The summed E-state index contributed by atoms with van der Waals surface area (Å²) in [7, 11) is 2.20. The molecule has 25 heavy (non-hydrogen) atoms. The van der Waals surface area contributed by atoms with E-state index in [1.54, 1.807) is 0 Å². The lowest BCUT2D eigenvalue weighted by Crippen LogP contribution is -2.43. The normalized spacial score (nSPS) is 23.4. The number of fused-ring (bicyclic) bond motifs is 1. The summed E-state index contributed by atoms with van der Waals surface area (Å²) in [5.41, 5.74) is 1.30. The molecule has 2 unspecified atom stereocenters. The van der Waals surface area contributed by atoms with Crippen LogP contribution in [0.5, 0.6) is 5.75 Å². The minimum Gasteiger partial charge on any atom is -0.488 e. The molecular formula is C19H31IN4O. The first-order valence-corrected chi connectivity index (χ1v) is 9.20. The lowest BCUT2D eigenvalue weighted by atomic mass is 9.99. The number of halogens is 1. The van der Waals surface area contributed by atoms with Gasteiger partial charge in [-0.05, 0) is 50.9 Å². The molecule has 1 fully saturated rings. The highest BCUT2D eigenvalue weighted by Gasteiger charge is 2.22. The van der Waals surface area contributed by atoms with Crippen LogP contribution in [0.3, 0.4) is 0 Å². The number of hydrogen-bond acceptors (Lipinski definition) is 3. The fourth-order valence-corrected chi connectivity index (χ4v) is 3.56. The summed E-state index contributed by atoms with van der Waals surface area (Å²) in [5.74, 6) is 2.60. The van der Waals surface area contributed by atoms with E-state index in [2.05, 4.69) is 41.6 Å². The van der Waals surface area contributed by atoms with Gasteiger partial charge in [-0.25, -0.2) is 0 Å². The molecule has 0 spiro atoms. The second-order valence-electron chi connectivity index (χ2n) is 6.92. The maximum absolute atomic E-state index is 5.99. The van der Waals surface area contributed by atoms with Gasteiger partial charge >= 0.3 is 0 Å². The fraction of sp³-hybridized carbons (Fsp3) is 0.632. The number of hydrogen-bond donors (Lipinski definition) is 2. The molecule has 2 atom stereocenters. The van der Waals surface area contributed by atoms with E-state index in [-0.39, 0.29) is 30.1 Å². The van der Waals surface area contributed by atoms with E-state index in [4.69, 9.17) is 9.73 Å². The highest BCUT2D eigenvalue weighted by molar-refractivity contribution is 14.0. The molecule has 0 aliphatic carbocycles. The quantitative estimate of drug-likeness (QED) is 0.405. The Morgan fingerprint density at radius 2 is 2.16 bits per heavy atom. The predicted molar refractivity (Wildman–Crippen MR) is 114 cm³/mol. The lowest BCUT2D eigenvalue weighted by Gasteiger charge is -2.28. The summed E-state index contributed by atoms with van der Waals surface area (Å²) >= 11 is 0. The van der Waals surface area contributed by atoms with E-state index in [1.165, 1.54) is 24.9 Å². The van der Waals surface area contributed by atoms with Crippen LogP contribution in [0.15, 0.2) is 29.3 Å². The predicted octanol–water partition coefficient (Wildman–Crippen LogP) is 2.51. The fourth-order valence-electron chi connectivity index (χ4n) is 3.56. The van der Waals surface area contributed by atoms with Crippen molar-refractivity contribution in [3.05, 3.63) is 29.8 Å². The number of guanidine groups is 1. The number of ether oxygens (including phenoxy) is 1. The van der Waals surface area contributed by atoms with Crippen molar-refractivity contribution in [1.29, 1.82) is 0 Å².